The van der Waals surface area contributed by atoms with E-state index in [9.17, 15) is 4.39 Å². The number of aryl methyl sites for hydroxylation is 1. The summed E-state index contributed by atoms with van der Waals surface area (Å²) in [5.41, 5.74) is 3.90. The summed E-state index contributed by atoms with van der Waals surface area (Å²) < 4.78 is 13.4. The van der Waals surface area contributed by atoms with E-state index in [0.717, 1.165) is 15.8 Å². The van der Waals surface area contributed by atoms with E-state index in [4.69, 9.17) is 5.84 Å². The van der Waals surface area contributed by atoms with Gasteiger partial charge in [0.15, 0.2) is 0 Å². The number of anilines is 3. The zero-order valence-electron chi connectivity index (χ0n) is 10.6. The Labute approximate surface area is 118 Å². The first kappa shape index (κ1) is 12.8. The second-order valence-electron chi connectivity index (χ2n) is 4.32. The number of nitrogens with zero attached hydrogens (tertiary/aromatic N) is 2. The first-order valence-electron chi connectivity index (χ1n) is 5.92. The minimum Gasteiger partial charge on any atom is -0.339 e. The molecule has 0 saturated heterocycles. The van der Waals surface area contributed by atoms with Gasteiger partial charge in [-0.3, -0.25) is 5.43 Å². The number of hydrogen-bond acceptors (Lipinski definition) is 6. The first-order chi connectivity index (χ1) is 9.65. The maximum atomic E-state index is 13.4. The molecular formula is C13H12FN5S. The predicted octanol–water partition coefficient (Wildman–Crippen LogP) is 3.17. The van der Waals surface area contributed by atoms with Gasteiger partial charge in [0, 0.05) is 5.69 Å². The lowest BCUT2D eigenvalue weighted by Gasteiger charge is -2.09. The van der Waals surface area contributed by atoms with Crippen molar-refractivity contribution in [3.05, 3.63) is 41.0 Å². The molecule has 0 unspecified atom stereocenters. The molecule has 5 nitrogen and oxygen atoms in total. The summed E-state index contributed by atoms with van der Waals surface area (Å²) in [6.07, 6.45) is 0. The molecule has 0 fully saturated rings. The molecule has 0 saturated carbocycles. The number of benzene rings is 1. The number of nitrogen functional groups attached to an aromatic ring is 1. The van der Waals surface area contributed by atoms with Crippen molar-refractivity contribution >= 4 is 39.0 Å². The summed E-state index contributed by atoms with van der Waals surface area (Å²) in [5.74, 6) is 5.98. The van der Waals surface area contributed by atoms with Crippen LogP contribution in [0.3, 0.4) is 0 Å². The Morgan fingerprint density at radius 2 is 2.10 bits per heavy atom. The van der Waals surface area contributed by atoms with Gasteiger partial charge >= 0.3 is 0 Å². The van der Waals surface area contributed by atoms with E-state index in [1.165, 1.54) is 23.5 Å². The Morgan fingerprint density at radius 1 is 1.25 bits per heavy atom. The fourth-order valence-electron chi connectivity index (χ4n) is 1.96. The average Bonchev–Trinajstić information content (AvgIpc) is 2.85. The van der Waals surface area contributed by atoms with Crippen LogP contribution in [0.5, 0.6) is 0 Å². The van der Waals surface area contributed by atoms with Crippen LogP contribution in [0.15, 0.2) is 29.6 Å². The van der Waals surface area contributed by atoms with Gasteiger partial charge in [-0.1, -0.05) is 0 Å². The Balaban J connectivity index is 2.07. The highest BCUT2D eigenvalue weighted by Gasteiger charge is 2.09. The number of thiophene rings is 1. The summed E-state index contributed by atoms with van der Waals surface area (Å²) in [5, 5.41) is 5.90. The zero-order chi connectivity index (χ0) is 14.1. The maximum absolute atomic E-state index is 13.4. The molecule has 2 aromatic heterocycles. The number of halogens is 1. The van der Waals surface area contributed by atoms with Gasteiger partial charge < -0.3 is 5.32 Å². The van der Waals surface area contributed by atoms with Crippen LogP contribution in [0, 0.1) is 12.7 Å². The van der Waals surface area contributed by atoms with Crippen LogP contribution < -0.4 is 16.6 Å². The third-order valence-corrected chi connectivity index (χ3v) is 3.57. The lowest BCUT2D eigenvalue weighted by Crippen LogP contribution is -2.11. The third kappa shape index (κ3) is 2.40. The second-order valence-corrected chi connectivity index (χ2v) is 5.22. The van der Waals surface area contributed by atoms with E-state index in [2.05, 4.69) is 20.7 Å². The molecule has 0 radical (unpaired) electrons. The highest BCUT2D eigenvalue weighted by atomic mass is 32.1. The van der Waals surface area contributed by atoms with Crippen molar-refractivity contribution in [2.45, 2.75) is 6.92 Å². The van der Waals surface area contributed by atoms with Gasteiger partial charge in [-0.2, -0.15) is 4.98 Å². The molecule has 0 spiro atoms. The highest BCUT2D eigenvalue weighted by Crippen LogP contribution is 2.29. The Hall–Kier alpha value is -2.25. The van der Waals surface area contributed by atoms with Crippen LogP contribution >= 0.6 is 11.3 Å². The van der Waals surface area contributed by atoms with Crippen LogP contribution in [0.2, 0.25) is 0 Å². The summed E-state index contributed by atoms with van der Waals surface area (Å²) >= 11 is 1.49. The molecule has 102 valence electrons. The van der Waals surface area contributed by atoms with Crippen LogP contribution in [-0.2, 0) is 0 Å². The summed E-state index contributed by atoms with van der Waals surface area (Å²) in [6.45, 7) is 1.83. The predicted molar refractivity (Wildman–Crippen MR) is 79.6 cm³/mol. The SMILES string of the molecule is Cc1cc(F)cc(Nc2nc(NN)nc3sccc23)c1. The molecule has 3 rings (SSSR count). The summed E-state index contributed by atoms with van der Waals surface area (Å²) in [6, 6.07) is 6.65. The number of hydrazine groups is 1. The van der Waals surface area contributed by atoms with Crippen molar-refractivity contribution in [1.82, 2.24) is 9.97 Å². The van der Waals surface area contributed by atoms with Crippen LogP contribution in [0.1, 0.15) is 5.56 Å². The molecule has 3 aromatic rings. The molecule has 0 aliphatic carbocycles. The van der Waals surface area contributed by atoms with E-state index in [1.54, 1.807) is 0 Å². The van der Waals surface area contributed by atoms with Gasteiger partial charge in [-0.15, -0.1) is 11.3 Å². The van der Waals surface area contributed by atoms with Crippen molar-refractivity contribution in [2.75, 3.05) is 10.7 Å². The monoisotopic (exact) mass is 289 g/mol. The maximum Gasteiger partial charge on any atom is 0.240 e. The molecule has 0 aliphatic rings. The molecule has 0 bridgehead atoms. The molecular weight excluding hydrogens is 277 g/mol. The van der Waals surface area contributed by atoms with Crippen LogP contribution in [0.4, 0.5) is 21.8 Å². The normalized spacial score (nSPS) is 10.8. The smallest absolute Gasteiger partial charge is 0.240 e. The largest absolute Gasteiger partial charge is 0.339 e. The van der Waals surface area contributed by atoms with Gasteiger partial charge in [0.25, 0.3) is 0 Å². The summed E-state index contributed by atoms with van der Waals surface area (Å²) in [7, 11) is 0. The molecule has 7 heteroatoms. The molecule has 0 aliphatic heterocycles. The lowest BCUT2D eigenvalue weighted by atomic mass is 10.2. The highest BCUT2D eigenvalue weighted by molar-refractivity contribution is 7.16. The Kier molecular flexibility index (Phi) is 3.21. The zero-order valence-corrected chi connectivity index (χ0v) is 11.5. The first-order valence-corrected chi connectivity index (χ1v) is 6.80. The van der Waals surface area contributed by atoms with E-state index < -0.39 is 0 Å². The lowest BCUT2D eigenvalue weighted by molar-refractivity contribution is 0.627. The molecule has 4 N–H and O–H groups in total. The van der Waals surface area contributed by atoms with Gasteiger partial charge in [0.1, 0.15) is 16.5 Å². The van der Waals surface area contributed by atoms with Crippen molar-refractivity contribution in [3.63, 3.8) is 0 Å². The van der Waals surface area contributed by atoms with Gasteiger partial charge in [-0.25, -0.2) is 15.2 Å². The Bertz CT molecular complexity index is 750. The quantitative estimate of drug-likeness (QED) is 0.510. The minimum absolute atomic E-state index is 0.291. The third-order valence-electron chi connectivity index (χ3n) is 2.76. The topological polar surface area (TPSA) is 75.9 Å². The van der Waals surface area contributed by atoms with Crippen LogP contribution in [0.25, 0.3) is 10.2 Å². The molecule has 1 aromatic carbocycles. The van der Waals surface area contributed by atoms with Crippen molar-refractivity contribution in [3.8, 4) is 0 Å². The van der Waals surface area contributed by atoms with Crippen LogP contribution in [-0.4, -0.2) is 9.97 Å². The average molecular weight is 289 g/mol. The van der Waals surface area contributed by atoms with Gasteiger partial charge in [0.05, 0.1) is 5.39 Å². The number of fused-ring (bicyclic) bond motifs is 1. The molecule has 2 heterocycles. The molecule has 20 heavy (non-hydrogen) atoms. The fraction of sp³-hybridized carbons (Fsp3) is 0.0769. The van der Waals surface area contributed by atoms with Crippen molar-refractivity contribution < 1.29 is 4.39 Å². The van der Waals surface area contributed by atoms with Gasteiger partial charge in [-0.05, 0) is 42.1 Å². The standard InChI is InChI=1S/C13H12FN5S/c1-7-4-8(14)6-9(5-7)16-11-10-2-3-20-12(10)18-13(17-11)19-15/h2-6H,15H2,1H3,(H2,16,17,18,19). The van der Waals surface area contributed by atoms with E-state index in [0.29, 0.717) is 17.5 Å². The number of nitrogens with two attached hydrogens (primary N) is 1. The van der Waals surface area contributed by atoms with E-state index in [1.807, 2.05) is 24.4 Å². The van der Waals surface area contributed by atoms with Crippen molar-refractivity contribution in [2.24, 2.45) is 5.84 Å². The number of rotatable bonds is 3. The second kappa shape index (κ2) is 5.03. The number of nitrogens with one attached hydrogen (secondary N) is 2. The van der Waals surface area contributed by atoms with E-state index >= 15 is 0 Å². The Morgan fingerprint density at radius 3 is 2.85 bits per heavy atom. The molecule has 0 atom stereocenters. The van der Waals surface area contributed by atoms with E-state index in [-0.39, 0.29) is 5.82 Å². The minimum atomic E-state index is -0.291. The van der Waals surface area contributed by atoms with Gasteiger partial charge in [0.2, 0.25) is 5.95 Å². The fourth-order valence-corrected chi connectivity index (χ4v) is 2.72. The summed E-state index contributed by atoms with van der Waals surface area (Å²) in [4.78, 5) is 9.33. The number of hydrogen-bond donors (Lipinski definition) is 3. The number of aromatic nitrogens is 2. The van der Waals surface area contributed by atoms with Crippen molar-refractivity contribution in [1.29, 1.82) is 0 Å². The molecule has 0 amide bonds.